The van der Waals surface area contributed by atoms with Crippen LogP contribution >= 0.6 is 0 Å². The average molecular weight is 236 g/mol. The lowest BCUT2D eigenvalue weighted by molar-refractivity contribution is 0.0694. The van der Waals surface area contributed by atoms with E-state index in [2.05, 4.69) is 10.6 Å². The molecule has 1 rings (SSSR count). The molecule has 0 saturated carbocycles. The summed E-state index contributed by atoms with van der Waals surface area (Å²) in [7, 11) is 0. The molecule has 1 aromatic rings. The summed E-state index contributed by atoms with van der Waals surface area (Å²) in [6, 6.07) is 7.32. The van der Waals surface area contributed by atoms with Gasteiger partial charge >= 0.3 is 0 Å². The third kappa shape index (κ3) is 4.44. The van der Waals surface area contributed by atoms with Gasteiger partial charge in [-0.1, -0.05) is 12.1 Å². The molecule has 0 unspecified atom stereocenters. The van der Waals surface area contributed by atoms with Gasteiger partial charge in [0.15, 0.2) is 0 Å². The predicted molar refractivity (Wildman–Crippen MR) is 69.2 cm³/mol. The molecule has 4 heteroatoms. The Balaban J connectivity index is 2.74. The second-order valence-electron chi connectivity index (χ2n) is 4.57. The molecule has 0 aliphatic carbocycles. The van der Waals surface area contributed by atoms with Gasteiger partial charge in [0, 0.05) is 18.8 Å². The highest BCUT2D eigenvalue weighted by Gasteiger charge is 2.16. The number of carbonyl (C=O) groups excluding carboxylic acids is 1. The lowest BCUT2D eigenvalue weighted by atomic mass is 10.1. The molecule has 0 aliphatic rings. The number of nitrogens with one attached hydrogen (secondary N) is 2. The maximum atomic E-state index is 11.9. The molecular weight excluding hydrogens is 216 g/mol. The molecule has 0 heterocycles. The third-order valence-electron chi connectivity index (χ3n) is 2.22. The Kier molecular flexibility index (Phi) is 4.52. The van der Waals surface area contributed by atoms with Crippen molar-refractivity contribution in [3.63, 3.8) is 0 Å². The minimum atomic E-state index is -0.900. The van der Waals surface area contributed by atoms with Crippen molar-refractivity contribution in [3.05, 3.63) is 29.8 Å². The number of carbonyl (C=O) groups is 1. The van der Waals surface area contributed by atoms with Crippen molar-refractivity contribution in [1.29, 1.82) is 0 Å². The Bertz CT molecular complexity index is 383. The zero-order valence-electron chi connectivity index (χ0n) is 10.6. The molecule has 4 nitrogen and oxygen atoms in total. The first-order valence-corrected chi connectivity index (χ1v) is 5.77. The van der Waals surface area contributed by atoms with E-state index in [4.69, 9.17) is 0 Å². The number of hydrogen-bond donors (Lipinski definition) is 3. The summed E-state index contributed by atoms with van der Waals surface area (Å²) in [4.78, 5) is 11.9. The van der Waals surface area contributed by atoms with Crippen LogP contribution in [0.15, 0.2) is 24.3 Å². The van der Waals surface area contributed by atoms with Gasteiger partial charge in [-0.3, -0.25) is 4.79 Å². The van der Waals surface area contributed by atoms with Gasteiger partial charge in [-0.15, -0.1) is 0 Å². The quantitative estimate of drug-likeness (QED) is 0.728. The fourth-order valence-electron chi connectivity index (χ4n) is 1.42. The van der Waals surface area contributed by atoms with Gasteiger partial charge in [0.25, 0.3) is 5.91 Å². The minimum absolute atomic E-state index is 0.177. The number of hydrogen-bond acceptors (Lipinski definition) is 3. The maximum absolute atomic E-state index is 11.9. The summed E-state index contributed by atoms with van der Waals surface area (Å²) in [6.07, 6.45) is 0. The Morgan fingerprint density at radius 2 is 2.00 bits per heavy atom. The topological polar surface area (TPSA) is 61.4 Å². The molecule has 0 fully saturated rings. The second kappa shape index (κ2) is 5.68. The third-order valence-corrected chi connectivity index (χ3v) is 2.22. The van der Waals surface area contributed by atoms with Crippen molar-refractivity contribution >= 4 is 11.6 Å². The van der Waals surface area contributed by atoms with Crippen LogP contribution in [0.5, 0.6) is 0 Å². The molecule has 0 aromatic heterocycles. The monoisotopic (exact) mass is 236 g/mol. The van der Waals surface area contributed by atoms with Gasteiger partial charge in [-0.25, -0.2) is 0 Å². The highest BCUT2D eigenvalue weighted by atomic mass is 16.3. The van der Waals surface area contributed by atoms with E-state index in [0.29, 0.717) is 5.56 Å². The van der Waals surface area contributed by atoms with Crippen LogP contribution in [0, 0.1) is 0 Å². The summed E-state index contributed by atoms with van der Waals surface area (Å²) in [5.41, 5.74) is 0.504. The van der Waals surface area contributed by atoms with Crippen LogP contribution in [0.3, 0.4) is 0 Å². The van der Waals surface area contributed by atoms with Crippen molar-refractivity contribution in [2.24, 2.45) is 0 Å². The SMILES string of the molecule is CCNc1ccccc1C(=O)NCC(C)(C)O. The predicted octanol–water partition coefficient (Wildman–Crippen LogP) is 1.62. The maximum Gasteiger partial charge on any atom is 0.253 e. The zero-order chi connectivity index (χ0) is 12.9. The molecule has 0 radical (unpaired) electrons. The number of aliphatic hydroxyl groups is 1. The highest BCUT2D eigenvalue weighted by molar-refractivity contribution is 5.99. The molecule has 0 saturated heterocycles. The van der Waals surface area contributed by atoms with Gasteiger partial charge in [0.2, 0.25) is 0 Å². The van der Waals surface area contributed by atoms with Crippen LogP contribution in [0.25, 0.3) is 0 Å². The van der Waals surface area contributed by atoms with E-state index in [1.165, 1.54) is 0 Å². The molecule has 0 aliphatic heterocycles. The molecule has 0 bridgehead atoms. The first-order chi connectivity index (χ1) is 7.94. The van der Waals surface area contributed by atoms with Crippen LogP contribution in [0.2, 0.25) is 0 Å². The van der Waals surface area contributed by atoms with Gasteiger partial charge in [-0.2, -0.15) is 0 Å². The normalized spacial score (nSPS) is 11.1. The number of para-hydroxylation sites is 1. The van der Waals surface area contributed by atoms with Crippen LogP contribution in [0.4, 0.5) is 5.69 Å². The number of amides is 1. The molecule has 1 aromatic carbocycles. The van der Waals surface area contributed by atoms with Gasteiger partial charge in [0.1, 0.15) is 0 Å². The Labute approximate surface area is 102 Å². The van der Waals surface area contributed by atoms with E-state index < -0.39 is 5.60 Å². The van der Waals surface area contributed by atoms with Crippen molar-refractivity contribution in [1.82, 2.24) is 5.32 Å². The minimum Gasteiger partial charge on any atom is -0.389 e. The van der Waals surface area contributed by atoms with E-state index in [-0.39, 0.29) is 12.5 Å². The number of rotatable bonds is 5. The summed E-state index contributed by atoms with van der Waals surface area (Å²) in [6.45, 7) is 6.28. The van der Waals surface area contributed by atoms with Crippen LogP contribution in [-0.2, 0) is 0 Å². The highest BCUT2D eigenvalue weighted by Crippen LogP contribution is 2.14. The van der Waals surface area contributed by atoms with Gasteiger partial charge in [0.05, 0.1) is 11.2 Å². The molecular formula is C13H20N2O2. The lowest BCUT2D eigenvalue weighted by Gasteiger charge is -2.18. The fourth-order valence-corrected chi connectivity index (χ4v) is 1.42. The van der Waals surface area contributed by atoms with E-state index >= 15 is 0 Å². The molecule has 0 atom stereocenters. The Morgan fingerprint density at radius 3 is 2.59 bits per heavy atom. The second-order valence-corrected chi connectivity index (χ2v) is 4.57. The van der Waals surface area contributed by atoms with Crippen molar-refractivity contribution in [2.75, 3.05) is 18.4 Å². The first kappa shape index (κ1) is 13.5. The van der Waals surface area contributed by atoms with E-state index in [9.17, 15) is 9.90 Å². The Morgan fingerprint density at radius 1 is 1.35 bits per heavy atom. The molecule has 1 amide bonds. The molecule has 0 spiro atoms. The largest absolute Gasteiger partial charge is 0.389 e. The number of benzene rings is 1. The lowest BCUT2D eigenvalue weighted by Crippen LogP contribution is -2.38. The molecule has 3 N–H and O–H groups in total. The van der Waals surface area contributed by atoms with Crippen molar-refractivity contribution in [3.8, 4) is 0 Å². The molecule has 94 valence electrons. The molecule has 17 heavy (non-hydrogen) atoms. The zero-order valence-corrected chi connectivity index (χ0v) is 10.6. The van der Waals surface area contributed by atoms with Crippen LogP contribution in [-0.4, -0.2) is 29.7 Å². The first-order valence-electron chi connectivity index (χ1n) is 5.77. The Hall–Kier alpha value is -1.55. The number of anilines is 1. The summed E-state index contributed by atoms with van der Waals surface area (Å²) in [5.74, 6) is -0.177. The van der Waals surface area contributed by atoms with E-state index in [1.807, 2.05) is 25.1 Å². The smallest absolute Gasteiger partial charge is 0.253 e. The van der Waals surface area contributed by atoms with Gasteiger partial charge < -0.3 is 15.7 Å². The standard InChI is InChI=1S/C13H20N2O2/c1-4-14-11-8-6-5-7-10(11)12(16)15-9-13(2,3)17/h5-8,14,17H,4,9H2,1-3H3,(H,15,16). The van der Waals surface area contributed by atoms with E-state index in [0.717, 1.165) is 12.2 Å². The average Bonchev–Trinajstić information content (AvgIpc) is 2.26. The van der Waals surface area contributed by atoms with Crippen molar-refractivity contribution in [2.45, 2.75) is 26.4 Å². The van der Waals surface area contributed by atoms with Crippen molar-refractivity contribution < 1.29 is 9.90 Å². The van der Waals surface area contributed by atoms with Crippen LogP contribution in [0.1, 0.15) is 31.1 Å². The van der Waals surface area contributed by atoms with E-state index in [1.54, 1.807) is 19.9 Å². The summed E-state index contributed by atoms with van der Waals surface area (Å²) < 4.78 is 0. The fraction of sp³-hybridized carbons (Fsp3) is 0.462. The van der Waals surface area contributed by atoms with Gasteiger partial charge in [-0.05, 0) is 32.9 Å². The summed E-state index contributed by atoms with van der Waals surface area (Å²) >= 11 is 0. The summed E-state index contributed by atoms with van der Waals surface area (Å²) in [5, 5.41) is 15.4. The van der Waals surface area contributed by atoms with Crippen LogP contribution < -0.4 is 10.6 Å².